The molecule has 0 bridgehead atoms. The first-order chi connectivity index (χ1) is 12.2. The van der Waals surface area contributed by atoms with E-state index in [1.165, 1.54) is 12.1 Å². The Hall–Kier alpha value is -2.11. The molecule has 4 nitrogen and oxygen atoms in total. The van der Waals surface area contributed by atoms with Gasteiger partial charge in [-0.05, 0) is 37.5 Å². The summed E-state index contributed by atoms with van der Waals surface area (Å²) >= 11 is 0. The van der Waals surface area contributed by atoms with Gasteiger partial charge in [0.15, 0.2) is 0 Å². The summed E-state index contributed by atoms with van der Waals surface area (Å²) in [7, 11) is 1.65. The molecule has 5 heteroatoms. The van der Waals surface area contributed by atoms with Gasteiger partial charge in [-0.15, -0.1) is 0 Å². The van der Waals surface area contributed by atoms with E-state index in [1.54, 1.807) is 19.2 Å². The lowest BCUT2D eigenvalue weighted by atomic mass is 9.89. The third kappa shape index (κ3) is 4.50. The first-order valence-corrected chi connectivity index (χ1v) is 8.63. The quantitative estimate of drug-likeness (QED) is 0.844. The van der Waals surface area contributed by atoms with Crippen LogP contribution in [0.15, 0.2) is 48.5 Å². The fourth-order valence-corrected chi connectivity index (χ4v) is 3.30. The summed E-state index contributed by atoms with van der Waals surface area (Å²) in [5.74, 6) is 0.941. The predicted molar refractivity (Wildman–Crippen MR) is 94.3 cm³/mol. The molecule has 2 aromatic carbocycles. The molecule has 3 atom stereocenters. The van der Waals surface area contributed by atoms with E-state index >= 15 is 0 Å². The van der Waals surface area contributed by atoms with Crippen molar-refractivity contribution in [3.8, 4) is 11.5 Å². The zero-order chi connectivity index (χ0) is 17.6. The van der Waals surface area contributed by atoms with E-state index in [2.05, 4.69) is 5.32 Å². The monoisotopic (exact) mass is 345 g/mol. The minimum atomic E-state index is -0.647. The van der Waals surface area contributed by atoms with E-state index in [-0.39, 0.29) is 18.0 Å². The van der Waals surface area contributed by atoms with Gasteiger partial charge < -0.3 is 19.9 Å². The van der Waals surface area contributed by atoms with Gasteiger partial charge in [0, 0.05) is 24.2 Å². The first kappa shape index (κ1) is 17.7. The second kappa shape index (κ2) is 8.32. The lowest BCUT2D eigenvalue weighted by Crippen LogP contribution is -2.50. The van der Waals surface area contributed by atoms with Crippen molar-refractivity contribution in [1.82, 2.24) is 5.32 Å². The maximum absolute atomic E-state index is 13.3. The van der Waals surface area contributed by atoms with Crippen molar-refractivity contribution in [2.45, 2.75) is 44.1 Å². The Kier molecular flexibility index (Phi) is 5.89. The van der Waals surface area contributed by atoms with Crippen LogP contribution in [0.25, 0.3) is 0 Å². The number of hydrogen-bond acceptors (Lipinski definition) is 4. The van der Waals surface area contributed by atoms with E-state index in [0.29, 0.717) is 12.3 Å². The molecule has 1 saturated carbocycles. The average Bonchev–Trinajstić information content (AvgIpc) is 2.63. The molecular weight excluding hydrogens is 321 g/mol. The lowest BCUT2D eigenvalue weighted by Gasteiger charge is -2.35. The smallest absolute Gasteiger partial charge is 0.126 e. The molecule has 1 aliphatic rings. The summed E-state index contributed by atoms with van der Waals surface area (Å²) in [6.45, 7) is 0.610. The van der Waals surface area contributed by atoms with Crippen molar-refractivity contribution in [2.75, 3.05) is 7.11 Å². The highest BCUT2D eigenvalue weighted by molar-refractivity contribution is 5.33. The largest absolute Gasteiger partial charge is 0.496 e. The number of rotatable bonds is 6. The number of methoxy groups -OCH3 is 1. The third-order valence-electron chi connectivity index (χ3n) is 4.63. The summed E-state index contributed by atoms with van der Waals surface area (Å²) < 4.78 is 24.5. The minimum absolute atomic E-state index is 0.0720. The topological polar surface area (TPSA) is 50.7 Å². The van der Waals surface area contributed by atoms with Crippen LogP contribution in [0.2, 0.25) is 0 Å². The van der Waals surface area contributed by atoms with Gasteiger partial charge in [-0.1, -0.05) is 24.3 Å². The summed E-state index contributed by atoms with van der Waals surface area (Å²) in [5.41, 5.74) is 1.05. The average molecular weight is 345 g/mol. The molecule has 0 radical (unpaired) electrons. The SMILES string of the molecule is COc1ccccc1CN[C@H]1CCC[C@@H](Oc2cccc(F)c2)[C@@H]1O. The van der Waals surface area contributed by atoms with Crippen LogP contribution >= 0.6 is 0 Å². The van der Waals surface area contributed by atoms with Gasteiger partial charge in [0.2, 0.25) is 0 Å². The van der Waals surface area contributed by atoms with Gasteiger partial charge >= 0.3 is 0 Å². The Morgan fingerprint density at radius 3 is 2.80 bits per heavy atom. The number of ether oxygens (including phenoxy) is 2. The Labute approximate surface area is 147 Å². The normalized spacial score (nSPS) is 23.2. The Balaban J connectivity index is 1.61. The van der Waals surface area contributed by atoms with Crippen molar-refractivity contribution in [2.24, 2.45) is 0 Å². The number of nitrogens with one attached hydrogen (secondary N) is 1. The van der Waals surface area contributed by atoms with Gasteiger partial charge in [-0.25, -0.2) is 4.39 Å². The second-order valence-electron chi connectivity index (χ2n) is 6.33. The zero-order valence-electron chi connectivity index (χ0n) is 14.3. The molecule has 0 heterocycles. The summed E-state index contributed by atoms with van der Waals surface area (Å²) in [4.78, 5) is 0. The van der Waals surface area contributed by atoms with Crippen molar-refractivity contribution in [3.05, 3.63) is 59.9 Å². The van der Waals surface area contributed by atoms with Gasteiger partial charge in [0.25, 0.3) is 0 Å². The summed E-state index contributed by atoms with van der Waals surface area (Å²) in [6.07, 6.45) is 1.59. The third-order valence-corrected chi connectivity index (χ3v) is 4.63. The van der Waals surface area contributed by atoms with Crippen molar-refractivity contribution >= 4 is 0 Å². The van der Waals surface area contributed by atoms with E-state index in [4.69, 9.17) is 9.47 Å². The molecule has 2 aromatic rings. The van der Waals surface area contributed by atoms with Crippen molar-refractivity contribution in [1.29, 1.82) is 0 Å². The molecule has 1 aliphatic carbocycles. The van der Waals surface area contributed by atoms with E-state index in [0.717, 1.165) is 30.6 Å². The first-order valence-electron chi connectivity index (χ1n) is 8.63. The maximum Gasteiger partial charge on any atom is 0.126 e. The zero-order valence-corrected chi connectivity index (χ0v) is 14.3. The molecule has 0 saturated heterocycles. The highest BCUT2D eigenvalue weighted by Crippen LogP contribution is 2.26. The summed E-state index contributed by atoms with van der Waals surface area (Å²) in [6, 6.07) is 13.8. The van der Waals surface area contributed by atoms with E-state index in [9.17, 15) is 9.50 Å². The number of benzene rings is 2. The number of para-hydroxylation sites is 1. The maximum atomic E-state index is 13.3. The van der Waals surface area contributed by atoms with E-state index in [1.807, 2.05) is 24.3 Å². The van der Waals surface area contributed by atoms with Crippen LogP contribution < -0.4 is 14.8 Å². The van der Waals surface area contributed by atoms with Crippen LogP contribution in [0, 0.1) is 5.82 Å². The van der Waals surface area contributed by atoms with Gasteiger partial charge in [0.05, 0.1) is 7.11 Å². The van der Waals surface area contributed by atoms with Crippen LogP contribution in [-0.2, 0) is 6.54 Å². The van der Waals surface area contributed by atoms with Crippen LogP contribution in [0.3, 0.4) is 0 Å². The Morgan fingerprint density at radius 1 is 1.16 bits per heavy atom. The fraction of sp³-hybridized carbons (Fsp3) is 0.400. The fourth-order valence-electron chi connectivity index (χ4n) is 3.30. The Bertz CT molecular complexity index is 694. The summed E-state index contributed by atoms with van der Waals surface area (Å²) in [5, 5.41) is 14.1. The van der Waals surface area contributed by atoms with Crippen LogP contribution in [-0.4, -0.2) is 30.5 Å². The van der Waals surface area contributed by atoms with Gasteiger partial charge in [0.1, 0.15) is 29.5 Å². The second-order valence-corrected chi connectivity index (χ2v) is 6.33. The van der Waals surface area contributed by atoms with Crippen LogP contribution in [0.1, 0.15) is 24.8 Å². The van der Waals surface area contributed by atoms with Crippen molar-refractivity contribution in [3.63, 3.8) is 0 Å². The number of aliphatic hydroxyl groups excluding tert-OH is 1. The predicted octanol–water partition coefficient (Wildman–Crippen LogP) is 3.28. The molecule has 1 fully saturated rings. The molecule has 0 amide bonds. The van der Waals surface area contributed by atoms with Crippen LogP contribution in [0.4, 0.5) is 4.39 Å². The highest BCUT2D eigenvalue weighted by atomic mass is 19.1. The highest BCUT2D eigenvalue weighted by Gasteiger charge is 2.33. The molecule has 2 N–H and O–H groups in total. The molecule has 3 rings (SSSR count). The number of aliphatic hydroxyl groups is 1. The molecular formula is C20H24FNO3. The minimum Gasteiger partial charge on any atom is -0.496 e. The Morgan fingerprint density at radius 2 is 2.00 bits per heavy atom. The van der Waals surface area contributed by atoms with Gasteiger partial charge in [-0.3, -0.25) is 0 Å². The van der Waals surface area contributed by atoms with Crippen LogP contribution in [0.5, 0.6) is 11.5 Å². The molecule has 0 aliphatic heterocycles. The molecule has 0 spiro atoms. The lowest BCUT2D eigenvalue weighted by molar-refractivity contribution is -0.0159. The standard InChI is InChI=1S/C20H24FNO3/c1-24-18-10-3-2-6-14(18)13-22-17-9-5-11-19(20(17)23)25-16-8-4-7-15(21)12-16/h2-4,6-8,10,12,17,19-20,22-23H,5,9,11,13H2,1H3/t17-,19+,20+/m0/s1. The number of halogens is 1. The van der Waals surface area contributed by atoms with Gasteiger partial charge in [-0.2, -0.15) is 0 Å². The molecule has 134 valence electrons. The number of hydrogen-bond donors (Lipinski definition) is 2. The van der Waals surface area contributed by atoms with Crippen molar-refractivity contribution < 1.29 is 19.0 Å². The molecule has 0 unspecified atom stereocenters. The molecule has 25 heavy (non-hydrogen) atoms. The van der Waals surface area contributed by atoms with E-state index < -0.39 is 6.10 Å². The molecule has 0 aromatic heterocycles.